The molecule has 2 aromatic heterocycles. The van der Waals surface area contributed by atoms with Crippen LogP contribution < -0.4 is 5.73 Å². The van der Waals surface area contributed by atoms with Gasteiger partial charge in [0.25, 0.3) is 0 Å². The quantitative estimate of drug-likeness (QED) is 0.863. The van der Waals surface area contributed by atoms with Crippen LogP contribution in [0.5, 0.6) is 0 Å². The van der Waals surface area contributed by atoms with Gasteiger partial charge >= 0.3 is 0 Å². The molecule has 1 saturated carbocycles. The molecule has 1 fully saturated rings. The summed E-state index contributed by atoms with van der Waals surface area (Å²) in [6, 6.07) is 0. The molecule has 3 rings (SSSR count). The molecule has 0 bridgehead atoms. The second kappa shape index (κ2) is 5.30. The number of rotatable bonds is 2. The topological polar surface area (TPSA) is 56.7 Å². The van der Waals surface area contributed by atoms with Crippen LogP contribution in [0.15, 0.2) is 11.6 Å². The molecular formula is C15H22N4S. The number of hydrogen-bond donors (Lipinski definition) is 1. The SMILES string of the molecule is Cc1nn(C)cc1-c1csc(C2(N)CCCCCC2)n1. The second-order valence-electron chi connectivity index (χ2n) is 5.91. The van der Waals surface area contributed by atoms with Gasteiger partial charge in [0, 0.05) is 24.2 Å². The summed E-state index contributed by atoms with van der Waals surface area (Å²) < 4.78 is 1.84. The molecule has 0 unspecified atom stereocenters. The van der Waals surface area contributed by atoms with Crippen molar-refractivity contribution in [3.05, 3.63) is 22.3 Å². The summed E-state index contributed by atoms with van der Waals surface area (Å²) in [4.78, 5) is 4.83. The van der Waals surface area contributed by atoms with E-state index >= 15 is 0 Å². The lowest BCUT2D eigenvalue weighted by Crippen LogP contribution is -2.35. The highest BCUT2D eigenvalue weighted by Crippen LogP contribution is 2.37. The highest BCUT2D eigenvalue weighted by atomic mass is 32.1. The molecule has 2 N–H and O–H groups in total. The van der Waals surface area contributed by atoms with Crippen molar-refractivity contribution in [2.24, 2.45) is 12.8 Å². The van der Waals surface area contributed by atoms with Crippen LogP contribution in [0.1, 0.15) is 49.2 Å². The molecule has 0 aromatic carbocycles. The van der Waals surface area contributed by atoms with Crippen LogP contribution in [-0.2, 0) is 12.6 Å². The van der Waals surface area contributed by atoms with Gasteiger partial charge in [0.15, 0.2) is 0 Å². The summed E-state index contributed by atoms with van der Waals surface area (Å²) in [6.07, 6.45) is 9.20. The van der Waals surface area contributed by atoms with E-state index in [9.17, 15) is 0 Å². The summed E-state index contributed by atoms with van der Waals surface area (Å²) in [5.74, 6) is 0. The van der Waals surface area contributed by atoms with Gasteiger partial charge in [-0.15, -0.1) is 11.3 Å². The van der Waals surface area contributed by atoms with Crippen LogP contribution in [0.25, 0.3) is 11.3 Å². The van der Waals surface area contributed by atoms with Crippen LogP contribution in [0.4, 0.5) is 0 Å². The molecule has 0 spiro atoms. The minimum atomic E-state index is -0.213. The number of aryl methyl sites for hydroxylation is 2. The Morgan fingerprint density at radius 1 is 1.25 bits per heavy atom. The lowest BCUT2D eigenvalue weighted by atomic mass is 9.92. The largest absolute Gasteiger partial charge is 0.319 e. The molecule has 5 heteroatoms. The van der Waals surface area contributed by atoms with E-state index in [0.29, 0.717) is 0 Å². The number of aromatic nitrogens is 3. The Morgan fingerprint density at radius 3 is 2.55 bits per heavy atom. The van der Waals surface area contributed by atoms with E-state index in [0.717, 1.165) is 34.8 Å². The zero-order valence-electron chi connectivity index (χ0n) is 12.2. The van der Waals surface area contributed by atoms with E-state index in [1.165, 1.54) is 25.7 Å². The average Bonchev–Trinajstić information content (AvgIpc) is 2.94. The first-order valence-electron chi connectivity index (χ1n) is 7.34. The molecule has 0 aliphatic heterocycles. The van der Waals surface area contributed by atoms with Crippen LogP contribution in [0, 0.1) is 6.92 Å². The van der Waals surface area contributed by atoms with E-state index in [-0.39, 0.29) is 5.54 Å². The van der Waals surface area contributed by atoms with Gasteiger partial charge in [-0.25, -0.2) is 4.98 Å². The molecule has 0 amide bonds. The van der Waals surface area contributed by atoms with E-state index in [1.807, 2.05) is 24.9 Å². The van der Waals surface area contributed by atoms with Gasteiger partial charge in [-0.2, -0.15) is 5.10 Å². The lowest BCUT2D eigenvalue weighted by molar-refractivity contribution is 0.384. The zero-order chi connectivity index (χ0) is 14.2. The van der Waals surface area contributed by atoms with Crippen molar-refractivity contribution in [1.82, 2.24) is 14.8 Å². The van der Waals surface area contributed by atoms with E-state index < -0.39 is 0 Å². The van der Waals surface area contributed by atoms with Crippen LogP contribution in [-0.4, -0.2) is 14.8 Å². The molecule has 1 aliphatic carbocycles. The first-order chi connectivity index (χ1) is 9.58. The smallest absolute Gasteiger partial charge is 0.113 e. The number of thiazole rings is 1. The monoisotopic (exact) mass is 290 g/mol. The molecule has 1 aliphatic rings. The maximum Gasteiger partial charge on any atom is 0.113 e. The summed E-state index contributed by atoms with van der Waals surface area (Å²) in [7, 11) is 1.94. The summed E-state index contributed by atoms with van der Waals surface area (Å²) >= 11 is 1.70. The van der Waals surface area contributed by atoms with Gasteiger partial charge in [-0.1, -0.05) is 25.7 Å². The minimum Gasteiger partial charge on any atom is -0.319 e. The Hall–Kier alpha value is -1.20. The molecule has 2 aromatic rings. The van der Waals surface area contributed by atoms with Crippen molar-refractivity contribution in [1.29, 1.82) is 0 Å². The lowest BCUT2D eigenvalue weighted by Gasteiger charge is -2.25. The summed E-state index contributed by atoms with van der Waals surface area (Å²) in [5.41, 5.74) is 9.59. The van der Waals surface area contributed by atoms with Gasteiger partial charge in [-0.05, 0) is 19.8 Å². The van der Waals surface area contributed by atoms with Gasteiger partial charge < -0.3 is 5.73 Å². The van der Waals surface area contributed by atoms with E-state index in [1.54, 1.807) is 11.3 Å². The Kier molecular flexibility index (Phi) is 3.65. The number of nitrogens with zero attached hydrogens (tertiary/aromatic N) is 3. The van der Waals surface area contributed by atoms with Crippen LogP contribution >= 0.6 is 11.3 Å². The van der Waals surface area contributed by atoms with Gasteiger partial charge in [0.2, 0.25) is 0 Å². The van der Waals surface area contributed by atoms with Crippen molar-refractivity contribution >= 4 is 11.3 Å². The predicted octanol–water partition coefficient (Wildman–Crippen LogP) is 3.36. The molecule has 20 heavy (non-hydrogen) atoms. The van der Waals surface area contributed by atoms with Crippen molar-refractivity contribution in [2.75, 3.05) is 0 Å². The van der Waals surface area contributed by atoms with E-state index in [2.05, 4.69) is 10.5 Å². The Balaban J connectivity index is 1.91. The number of nitrogens with two attached hydrogens (primary N) is 1. The fourth-order valence-corrected chi connectivity index (χ4v) is 4.04. The Morgan fingerprint density at radius 2 is 1.95 bits per heavy atom. The van der Waals surface area contributed by atoms with E-state index in [4.69, 9.17) is 10.7 Å². The standard InChI is InChI=1S/C15H22N4S/c1-11-12(9-19(2)18-11)13-10-20-14(17-13)15(16)7-5-3-4-6-8-15/h9-10H,3-8,16H2,1-2H3. The molecule has 0 atom stereocenters. The van der Waals surface area contributed by atoms with Crippen molar-refractivity contribution in [2.45, 2.75) is 51.0 Å². The average molecular weight is 290 g/mol. The number of hydrogen-bond acceptors (Lipinski definition) is 4. The van der Waals surface area contributed by atoms with Crippen molar-refractivity contribution in [3.8, 4) is 11.3 Å². The normalized spacial score (nSPS) is 18.9. The first kappa shape index (κ1) is 13.8. The van der Waals surface area contributed by atoms with Crippen LogP contribution in [0.3, 0.4) is 0 Å². The fourth-order valence-electron chi connectivity index (χ4n) is 3.05. The van der Waals surface area contributed by atoms with Crippen molar-refractivity contribution < 1.29 is 0 Å². The summed E-state index contributed by atoms with van der Waals surface area (Å²) in [6.45, 7) is 2.03. The fraction of sp³-hybridized carbons (Fsp3) is 0.600. The van der Waals surface area contributed by atoms with Crippen molar-refractivity contribution in [3.63, 3.8) is 0 Å². The van der Waals surface area contributed by atoms with Gasteiger partial charge in [0.1, 0.15) is 5.01 Å². The van der Waals surface area contributed by atoms with Crippen LogP contribution in [0.2, 0.25) is 0 Å². The summed E-state index contributed by atoms with van der Waals surface area (Å²) in [5, 5.41) is 7.61. The highest BCUT2D eigenvalue weighted by molar-refractivity contribution is 7.10. The maximum absolute atomic E-state index is 6.64. The van der Waals surface area contributed by atoms with Gasteiger partial charge in [-0.3, -0.25) is 4.68 Å². The first-order valence-corrected chi connectivity index (χ1v) is 8.22. The third kappa shape index (κ3) is 2.52. The molecular weight excluding hydrogens is 268 g/mol. The molecule has 108 valence electrons. The maximum atomic E-state index is 6.64. The zero-order valence-corrected chi connectivity index (χ0v) is 13.0. The second-order valence-corrected chi connectivity index (χ2v) is 6.77. The van der Waals surface area contributed by atoms with Gasteiger partial charge in [0.05, 0.1) is 16.9 Å². The highest BCUT2D eigenvalue weighted by Gasteiger charge is 2.31. The third-order valence-electron chi connectivity index (χ3n) is 4.22. The molecule has 4 nitrogen and oxygen atoms in total. The Bertz CT molecular complexity index is 591. The minimum absolute atomic E-state index is 0.213. The predicted molar refractivity (Wildman–Crippen MR) is 82.6 cm³/mol. The molecule has 0 saturated heterocycles. The molecule has 2 heterocycles. The Labute approximate surface area is 124 Å². The molecule has 0 radical (unpaired) electrons. The third-order valence-corrected chi connectivity index (χ3v) is 5.28.